The molecule has 0 aromatic heterocycles. The lowest BCUT2D eigenvalue weighted by Gasteiger charge is -2.44. The van der Waals surface area contributed by atoms with Crippen LogP contribution in [0.5, 0.6) is 0 Å². The fourth-order valence-corrected chi connectivity index (χ4v) is 4.47. The average Bonchev–Trinajstić information content (AvgIpc) is 3.05. The van der Waals surface area contributed by atoms with Crippen LogP contribution >= 0.6 is 0 Å². The molecule has 2 aliphatic heterocycles. The standard InChI is InChI=1S/C19H24N2O3/c1-19-10-6-8-14(12-17(22)20(2)23-3)21(19)18-15-9-5-4-7-13(15)11-16(18)24-19/h4-5,7,9,12,16,18H,6,8,10-11H2,1-3H3/b14-12+/t16-,18+,19-/m0/s1. The molecule has 3 aliphatic rings. The van der Waals surface area contributed by atoms with Crippen molar-refractivity contribution in [1.82, 2.24) is 9.96 Å². The van der Waals surface area contributed by atoms with Crippen molar-refractivity contribution in [3.8, 4) is 0 Å². The van der Waals surface area contributed by atoms with Crippen LogP contribution < -0.4 is 0 Å². The topological polar surface area (TPSA) is 42.0 Å². The van der Waals surface area contributed by atoms with Crippen molar-refractivity contribution in [3.63, 3.8) is 0 Å². The van der Waals surface area contributed by atoms with Gasteiger partial charge in [-0.05, 0) is 37.3 Å². The predicted octanol–water partition coefficient (Wildman–Crippen LogP) is 2.79. The number of nitrogens with zero attached hydrogens (tertiary/aromatic N) is 2. The summed E-state index contributed by atoms with van der Waals surface area (Å²) in [5.74, 6) is -0.133. The number of fused-ring (bicyclic) bond motifs is 5. The second-order valence-corrected chi connectivity index (χ2v) is 7.06. The Hall–Kier alpha value is -1.85. The molecule has 128 valence electrons. The molecule has 1 amide bonds. The van der Waals surface area contributed by atoms with Crippen LogP contribution in [0.4, 0.5) is 0 Å². The van der Waals surface area contributed by atoms with Gasteiger partial charge in [0.1, 0.15) is 5.72 Å². The summed E-state index contributed by atoms with van der Waals surface area (Å²) in [6.07, 6.45) is 5.76. The molecule has 2 heterocycles. The number of hydrogen-bond donors (Lipinski definition) is 0. The molecular formula is C19H24N2O3. The van der Waals surface area contributed by atoms with E-state index in [1.54, 1.807) is 13.1 Å². The number of hydroxylamine groups is 2. The van der Waals surface area contributed by atoms with E-state index in [0.29, 0.717) is 0 Å². The van der Waals surface area contributed by atoms with E-state index < -0.39 is 0 Å². The third-order valence-electron chi connectivity index (χ3n) is 5.60. The Morgan fingerprint density at radius 2 is 2.25 bits per heavy atom. The summed E-state index contributed by atoms with van der Waals surface area (Å²) in [4.78, 5) is 19.7. The van der Waals surface area contributed by atoms with Gasteiger partial charge in [-0.3, -0.25) is 9.63 Å². The van der Waals surface area contributed by atoms with Crippen LogP contribution in [0.3, 0.4) is 0 Å². The number of piperidine rings is 1. The van der Waals surface area contributed by atoms with Gasteiger partial charge in [0.25, 0.3) is 5.91 Å². The monoisotopic (exact) mass is 328 g/mol. The van der Waals surface area contributed by atoms with Crippen molar-refractivity contribution in [2.75, 3.05) is 14.2 Å². The van der Waals surface area contributed by atoms with Crippen molar-refractivity contribution in [2.45, 2.75) is 50.5 Å². The molecule has 4 rings (SSSR count). The number of allylic oxidation sites excluding steroid dienone is 1. The van der Waals surface area contributed by atoms with Crippen LogP contribution in [-0.2, 0) is 20.8 Å². The first-order valence-corrected chi connectivity index (χ1v) is 8.61. The SMILES string of the molecule is CON(C)C(=O)/C=C1\CCC[C@]2(C)O[C@H]3Cc4ccccc4[C@H]3N12. The summed E-state index contributed by atoms with van der Waals surface area (Å²) in [5, 5.41) is 1.26. The molecule has 1 aromatic rings. The lowest BCUT2D eigenvalue weighted by molar-refractivity contribution is -0.163. The van der Waals surface area contributed by atoms with E-state index in [2.05, 4.69) is 36.1 Å². The minimum absolute atomic E-state index is 0.133. The Balaban J connectivity index is 1.73. The lowest BCUT2D eigenvalue weighted by Crippen LogP contribution is -2.45. The van der Waals surface area contributed by atoms with Gasteiger partial charge >= 0.3 is 0 Å². The van der Waals surface area contributed by atoms with Gasteiger partial charge in [0.05, 0.1) is 19.3 Å². The Kier molecular flexibility index (Phi) is 3.66. The molecule has 2 saturated heterocycles. The third-order valence-corrected chi connectivity index (χ3v) is 5.60. The number of carbonyl (C=O) groups is 1. The molecule has 2 fully saturated rings. The maximum absolute atomic E-state index is 12.3. The van der Waals surface area contributed by atoms with Gasteiger partial charge in [-0.2, -0.15) is 0 Å². The molecular weight excluding hydrogens is 304 g/mol. The molecule has 0 unspecified atom stereocenters. The Morgan fingerprint density at radius 1 is 1.46 bits per heavy atom. The van der Waals surface area contributed by atoms with Crippen molar-refractivity contribution in [3.05, 3.63) is 47.2 Å². The van der Waals surface area contributed by atoms with E-state index >= 15 is 0 Å². The van der Waals surface area contributed by atoms with Gasteiger partial charge in [0.2, 0.25) is 0 Å². The largest absolute Gasteiger partial charge is 0.350 e. The maximum atomic E-state index is 12.3. The van der Waals surface area contributed by atoms with Crippen LogP contribution in [-0.4, -0.2) is 41.9 Å². The van der Waals surface area contributed by atoms with Crippen LogP contribution in [0, 0.1) is 0 Å². The highest BCUT2D eigenvalue weighted by atomic mass is 16.7. The normalized spacial score (nSPS) is 32.5. The fraction of sp³-hybridized carbons (Fsp3) is 0.526. The van der Waals surface area contributed by atoms with Crippen LogP contribution in [0.15, 0.2) is 36.0 Å². The lowest BCUT2D eigenvalue weighted by atomic mass is 9.94. The minimum Gasteiger partial charge on any atom is -0.350 e. The second kappa shape index (κ2) is 5.60. The van der Waals surface area contributed by atoms with Crippen LogP contribution in [0.25, 0.3) is 0 Å². The molecule has 0 spiro atoms. The van der Waals surface area contributed by atoms with Crippen LogP contribution in [0.2, 0.25) is 0 Å². The molecule has 24 heavy (non-hydrogen) atoms. The zero-order chi connectivity index (χ0) is 16.9. The van der Waals surface area contributed by atoms with E-state index in [9.17, 15) is 4.79 Å². The average molecular weight is 328 g/mol. The van der Waals surface area contributed by atoms with Gasteiger partial charge in [-0.25, -0.2) is 5.06 Å². The number of ether oxygens (including phenoxy) is 1. The molecule has 3 atom stereocenters. The minimum atomic E-state index is -0.321. The molecule has 0 saturated carbocycles. The molecule has 0 bridgehead atoms. The molecule has 0 radical (unpaired) electrons. The fourth-order valence-electron chi connectivity index (χ4n) is 4.47. The van der Waals surface area contributed by atoms with Crippen LogP contribution in [0.1, 0.15) is 43.4 Å². The van der Waals surface area contributed by atoms with Crippen molar-refractivity contribution < 1.29 is 14.4 Å². The highest BCUT2D eigenvalue weighted by molar-refractivity contribution is 5.87. The zero-order valence-electron chi connectivity index (χ0n) is 14.5. The number of hydrogen-bond acceptors (Lipinski definition) is 4. The van der Waals surface area contributed by atoms with Gasteiger partial charge in [0, 0.05) is 25.2 Å². The van der Waals surface area contributed by atoms with Crippen molar-refractivity contribution in [1.29, 1.82) is 0 Å². The summed E-state index contributed by atoms with van der Waals surface area (Å²) < 4.78 is 6.49. The molecule has 5 heteroatoms. The summed E-state index contributed by atoms with van der Waals surface area (Å²) in [7, 11) is 3.14. The number of benzene rings is 1. The predicted molar refractivity (Wildman–Crippen MR) is 89.7 cm³/mol. The number of amides is 1. The van der Waals surface area contributed by atoms with Crippen molar-refractivity contribution >= 4 is 5.91 Å². The van der Waals surface area contributed by atoms with E-state index in [4.69, 9.17) is 9.57 Å². The third kappa shape index (κ3) is 2.26. The van der Waals surface area contributed by atoms with Gasteiger partial charge in [0.15, 0.2) is 0 Å². The Bertz CT molecular complexity index is 702. The smallest absolute Gasteiger partial charge is 0.271 e. The summed E-state index contributed by atoms with van der Waals surface area (Å²) in [5.41, 5.74) is 3.44. The number of carbonyl (C=O) groups excluding carboxylic acids is 1. The molecule has 5 nitrogen and oxygen atoms in total. The number of rotatable bonds is 2. The second-order valence-electron chi connectivity index (χ2n) is 7.06. The highest BCUT2D eigenvalue weighted by Gasteiger charge is 2.55. The van der Waals surface area contributed by atoms with Gasteiger partial charge in [-0.1, -0.05) is 24.3 Å². The molecule has 1 aliphatic carbocycles. The van der Waals surface area contributed by atoms with Crippen molar-refractivity contribution in [2.24, 2.45) is 0 Å². The highest BCUT2D eigenvalue weighted by Crippen LogP contribution is 2.54. The Labute approximate surface area is 142 Å². The first-order chi connectivity index (χ1) is 11.5. The van der Waals surface area contributed by atoms with Gasteiger partial charge in [-0.15, -0.1) is 0 Å². The zero-order valence-corrected chi connectivity index (χ0v) is 14.5. The summed E-state index contributed by atoms with van der Waals surface area (Å²) in [6, 6.07) is 8.77. The number of likely N-dealkylation sites (N-methyl/N-ethyl adjacent to an activating group) is 1. The van der Waals surface area contributed by atoms with Gasteiger partial charge < -0.3 is 9.64 Å². The summed E-state index contributed by atoms with van der Waals surface area (Å²) in [6.45, 7) is 2.16. The first kappa shape index (κ1) is 15.7. The van der Waals surface area contributed by atoms with E-state index in [1.807, 2.05) is 0 Å². The maximum Gasteiger partial charge on any atom is 0.271 e. The first-order valence-electron chi connectivity index (χ1n) is 8.61. The van der Waals surface area contributed by atoms with E-state index in [0.717, 1.165) is 31.4 Å². The molecule has 1 aromatic carbocycles. The summed E-state index contributed by atoms with van der Waals surface area (Å²) >= 11 is 0. The molecule has 0 N–H and O–H groups in total. The Morgan fingerprint density at radius 3 is 3.04 bits per heavy atom. The van der Waals surface area contributed by atoms with E-state index in [1.165, 1.54) is 23.3 Å². The van der Waals surface area contributed by atoms with E-state index in [-0.39, 0.29) is 23.8 Å². The quantitative estimate of drug-likeness (QED) is 0.618.